The Hall–Kier alpha value is -1.87. The summed E-state index contributed by atoms with van der Waals surface area (Å²) < 4.78 is 7.99. The summed E-state index contributed by atoms with van der Waals surface area (Å²) in [7, 11) is 0. The third-order valence-corrected chi connectivity index (χ3v) is 7.29. The van der Waals surface area contributed by atoms with Crippen LogP contribution in [-0.4, -0.2) is 51.0 Å². The lowest BCUT2D eigenvalue weighted by atomic mass is 9.87. The molecule has 10 heteroatoms. The fourth-order valence-electron chi connectivity index (χ4n) is 4.70. The van der Waals surface area contributed by atoms with Crippen molar-refractivity contribution in [1.29, 1.82) is 0 Å². The number of nitrogens with zero attached hydrogens (tertiary/aromatic N) is 3. The normalized spacial score (nSPS) is 23.9. The van der Waals surface area contributed by atoms with Crippen LogP contribution in [0.2, 0.25) is 10.0 Å². The van der Waals surface area contributed by atoms with Gasteiger partial charge in [0, 0.05) is 24.3 Å². The molecule has 0 radical (unpaired) electrons. The van der Waals surface area contributed by atoms with E-state index in [2.05, 4.69) is 27.1 Å². The number of ether oxygens (including phenoxy) is 1. The molecule has 2 aromatic rings. The van der Waals surface area contributed by atoms with Gasteiger partial charge < -0.3 is 20.5 Å². The van der Waals surface area contributed by atoms with Crippen LogP contribution in [-0.2, 0) is 11.3 Å². The van der Waals surface area contributed by atoms with Gasteiger partial charge in [0.15, 0.2) is 0 Å². The number of nitrogens with one attached hydrogen (secondary N) is 2. The molecule has 2 aliphatic rings. The molecular formula is C23H31Cl2N5O3. The Bertz CT molecular complexity index is 935. The van der Waals surface area contributed by atoms with E-state index in [1.165, 1.54) is 32.1 Å². The topological polar surface area (TPSA) is 101 Å². The number of amides is 2. The van der Waals surface area contributed by atoms with Gasteiger partial charge in [0.25, 0.3) is 0 Å². The van der Waals surface area contributed by atoms with Crippen molar-refractivity contribution in [2.45, 2.75) is 82.1 Å². The summed E-state index contributed by atoms with van der Waals surface area (Å²) >= 11 is 11.9. The van der Waals surface area contributed by atoms with E-state index in [9.17, 15) is 9.90 Å². The fourth-order valence-corrected chi connectivity index (χ4v) is 5.00. The van der Waals surface area contributed by atoms with Crippen LogP contribution in [0.25, 0.3) is 0 Å². The molecule has 33 heavy (non-hydrogen) atoms. The van der Waals surface area contributed by atoms with Gasteiger partial charge in [-0.3, -0.25) is 4.68 Å². The number of aliphatic hydroxyl groups is 1. The van der Waals surface area contributed by atoms with Crippen LogP contribution in [0.1, 0.15) is 63.0 Å². The number of hydrogen-bond donors (Lipinski definition) is 3. The summed E-state index contributed by atoms with van der Waals surface area (Å²) in [5, 5.41) is 24.9. The van der Waals surface area contributed by atoms with Crippen LogP contribution in [0.4, 0.5) is 10.5 Å². The molecule has 4 rings (SSSR count). The van der Waals surface area contributed by atoms with Crippen LogP contribution < -0.4 is 10.6 Å². The molecule has 8 nitrogen and oxygen atoms in total. The number of carbonyl (C=O) groups is 1. The number of rotatable bonds is 7. The minimum Gasteiger partial charge on any atom is -0.394 e. The van der Waals surface area contributed by atoms with Crippen LogP contribution in [0.15, 0.2) is 24.4 Å². The first-order chi connectivity index (χ1) is 16.0. The number of urea groups is 1. The van der Waals surface area contributed by atoms with Crippen molar-refractivity contribution in [2.24, 2.45) is 0 Å². The quantitative estimate of drug-likeness (QED) is 0.514. The second kappa shape index (κ2) is 11.5. The van der Waals surface area contributed by atoms with Gasteiger partial charge in [-0.1, -0.05) is 47.7 Å². The van der Waals surface area contributed by atoms with Gasteiger partial charge in [-0.25, -0.2) is 4.79 Å². The zero-order valence-corrected chi connectivity index (χ0v) is 20.1. The first-order valence-corrected chi connectivity index (χ1v) is 12.5. The van der Waals surface area contributed by atoms with Crippen LogP contribution in [0.5, 0.6) is 0 Å². The third kappa shape index (κ3) is 6.59. The maximum atomic E-state index is 12.4. The average Bonchev–Trinajstić information content (AvgIpc) is 3.30. The minimum absolute atomic E-state index is 0.000614. The van der Waals surface area contributed by atoms with E-state index in [0.717, 1.165) is 31.5 Å². The molecule has 3 N–H and O–H groups in total. The molecule has 1 aromatic heterocycles. The molecule has 3 atom stereocenters. The van der Waals surface area contributed by atoms with Gasteiger partial charge in [-0.2, -0.15) is 0 Å². The number of benzene rings is 1. The number of hydrogen-bond acceptors (Lipinski definition) is 5. The Morgan fingerprint density at radius 1 is 1.15 bits per heavy atom. The lowest BCUT2D eigenvalue weighted by molar-refractivity contribution is -0.0905. The van der Waals surface area contributed by atoms with Crippen molar-refractivity contribution < 1.29 is 14.6 Å². The summed E-state index contributed by atoms with van der Waals surface area (Å²) in [6.45, 7) is 0.557. The molecule has 1 saturated carbocycles. The minimum atomic E-state index is -0.461. The maximum Gasteiger partial charge on any atom is 0.319 e. The van der Waals surface area contributed by atoms with Gasteiger partial charge in [-0.05, 0) is 50.3 Å². The highest BCUT2D eigenvalue weighted by atomic mass is 35.5. The van der Waals surface area contributed by atoms with E-state index in [-0.39, 0.29) is 24.8 Å². The number of aryl methyl sites for hydroxylation is 1. The van der Waals surface area contributed by atoms with Crippen molar-refractivity contribution in [2.75, 3.05) is 11.9 Å². The molecule has 1 saturated heterocycles. The summed E-state index contributed by atoms with van der Waals surface area (Å²) in [4.78, 5) is 12.4. The van der Waals surface area contributed by atoms with E-state index in [4.69, 9.17) is 27.9 Å². The molecule has 180 valence electrons. The van der Waals surface area contributed by atoms with Crippen molar-refractivity contribution in [3.63, 3.8) is 0 Å². The molecule has 2 fully saturated rings. The van der Waals surface area contributed by atoms with Crippen molar-refractivity contribution in [3.05, 3.63) is 40.1 Å². The molecule has 0 unspecified atom stereocenters. The van der Waals surface area contributed by atoms with Crippen LogP contribution in [0, 0.1) is 0 Å². The molecule has 0 spiro atoms. The summed E-state index contributed by atoms with van der Waals surface area (Å²) in [5.74, 6) is 0.541. The lowest BCUT2D eigenvalue weighted by Gasteiger charge is -2.36. The summed E-state index contributed by atoms with van der Waals surface area (Å²) in [6.07, 6.45) is 10.2. The first kappa shape index (κ1) is 24.3. The molecule has 1 aliphatic heterocycles. The Morgan fingerprint density at radius 3 is 2.73 bits per heavy atom. The lowest BCUT2D eigenvalue weighted by Crippen LogP contribution is -2.52. The smallest absolute Gasteiger partial charge is 0.319 e. The van der Waals surface area contributed by atoms with Gasteiger partial charge in [-0.15, -0.1) is 5.10 Å². The predicted molar refractivity (Wildman–Crippen MR) is 128 cm³/mol. The molecule has 1 aliphatic carbocycles. The van der Waals surface area contributed by atoms with E-state index < -0.39 is 6.10 Å². The van der Waals surface area contributed by atoms with Crippen molar-refractivity contribution in [1.82, 2.24) is 20.3 Å². The van der Waals surface area contributed by atoms with E-state index >= 15 is 0 Å². The number of halogens is 2. The zero-order chi connectivity index (χ0) is 23.2. The third-order valence-electron chi connectivity index (χ3n) is 6.55. The molecular weight excluding hydrogens is 465 g/mol. The Labute approximate surface area is 204 Å². The Balaban J connectivity index is 1.24. The van der Waals surface area contributed by atoms with E-state index in [1.807, 2.05) is 4.68 Å². The van der Waals surface area contributed by atoms with Gasteiger partial charge >= 0.3 is 6.03 Å². The second-order valence-electron chi connectivity index (χ2n) is 8.92. The standard InChI is InChI=1S/C23H31Cl2N5O3/c24-18-8-6-16(12-19(18)25)26-23(32)27-20-9-7-17(33-22(20)14-31)10-11-30-13-21(28-29-30)15-4-2-1-3-5-15/h6,8,12-13,15,17,20,22,31H,1-5,7,9-11,14H2,(H2,26,27,32)/t17-,20+,22-/m0/s1. The summed E-state index contributed by atoms with van der Waals surface area (Å²) in [5.41, 5.74) is 1.64. The van der Waals surface area contributed by atoms with E-state index in [0.29, 0.717) is 21.7 Å². The average molecular weight is 496 g/mol. The van der Waals surface area contributed by atoms with Crippen molar-refractivity contribution >= 4 is 34.9 Å². The highest BCUT2D eigenvalue weighted by molar-refractivity contribution is 6.42. The largest absolute Gasteiger partial charge is 0.394 e. The van der Waals surface area contributed by atoms with Crippen LogP contribution in [0.3, 0.4) is 0 Å². The monoisotopic (exact) mass is 495 g/mol. The number of aromatic nitrogens is 3. The highest BCUT2D eigenvalue weighted by Crippen LogP contribution is 2.31. The van der Waals surface area contributed by atoms with Crippen LogP contribution >= 0.6 is 23.2 Å². The molecule has 0 bridgehead atoms. The second-order valence-corrected chi connectivity index (χ2v) is 9.73. The van der Waals surface area contributed by atoms with Gasteiger partial charge in [0.05, 0.1) is 34.5 Å². The SMILES string of the molecule is O=C(Nc1ccc(Cl)c(Cl)c1)N[C@@H]1CC[C@@H](CCn2cc(C3CCCCC3)nn2)O[C@H]1CO. The van der Waals surface area contributed by atoms with Gasteiger partial charge in [0.2, 0.25) is 0 Å². The zero-order valence-electron chi connectivity index (χ0n) is 18.6. The molecule has 1 aromatic carbocycles. The summed E-state index contributed by atoms with van der Waals surface area (Å²) in [6, 6.07) is 4.23. The predicted octanol–water partition coefficient (Wildman–Crippen LogP) is 4.75. The van der Waals surface area contributed by atoms with E-state index in [1.54, 1.807) is 18.2 Å². The Morgan fingerprint density at radius 2 is 1.97 bits per heavy atom. The molecule has 2 amide bonds. The number of anilines is 1. The van der Waals surface area contributed by atoms with Crippen molar-refractivity contribution in [3.8, 4) is 0 Å². The number of aliphatic hydroxyl groups excluding tert-OH is 1. The fraction of sp³-hybridized carbons (Fsp3) is 0.609. The Kier molecular flexibility index (Phi) is 8.46. The first-order valence-electron chi connectivity index (χ1n) is 11.7. The maximum absolute atomic E-state index is 12.4. The highest BCUT2D eigenvalue weighted by Gasteiger charge is 2.32. The molecule has 2 heterocycles. The number of carbonyl (C=O) groups excluding carboxylic acids is 1. The van der Waals surface area contributed by atoms with Gasteiger partial charge in [0.1, 0.15) is 6.10 Å².